The van der Waals surface area contributed by atoms with E-state index in [2.05, 4.69) is 0 Å². The maximum atomic E-state index is 11.8. The molecule has 16 heavy (non-hydrogen) atoms. The fourth-order valence-electron chi connectivity index (χ4n) is 2.43. The molecule has 1 aliphatic carbocycles. The van der Waals surface area contributed by atoms with Gasteiger partial charge in [-0.05, 0) is 18.8 Å². The van der Waals surface area contributed by atoms with Crippen molar-refractivity contribution in [2.45, 2.75) is 44.1 Å². The van der Waals surface area contributed by atoms with Gasteiger partial charge in [0, 0.05) is 13.0 Å². The highest BCUT2D eigenvalue weighted by molar-refractivity contribution is 5.81. The Bertz CT molecular complexity index is 243. The highest BCUT2D eigenvalue weighted by Gasteiger charge is 2.40. The molecule has 1 aliphatic heterocycles. The summed E-state index contributed by atoms with van der Waals surface area (Å²) in [5, 5.41) is 0. The number of carbonyl (C=O) groups excluding carboxylic acids is 1. The van der Waals surface area contributed by atoms with Gasteiger partial charge in [-0.1, -0.05) is 19.3 Å². The van der Waals surface area contributed by atoms with Crippen molar-refractivity contribution in [3.05, 3.63) is 0 Å². The van der Waals surface area contributed by atoms with Crippen LogP contribution in [0, 0.1) is 5.92 Å². The summed E-state index contributed by atoms with van der Waals surface area (Å²) in [6, 6.07) is 0. The number of rotatable bonds is 3. The van der Waals surface area contributed by atoms with Gasteiger partial charge in [0.1, 0.15) is 5.54 Å². The van der Waals surface area contributed by atoms with Crippen LogP contribution < -0.4 is 5.73 Å². The third-order valence-corrected chi connectivity index (χ3v) is 3.63. The van der Waals surface area contributed by atoms with Gasteiger partial charge in [-0.3, -0.25) is 0 Å². The van der Waals surface area contributed by atoms with E-state index in [4.69, 9.17) is 15.2 Å². The van der Waals surface area contributed by atoms with Crippen molar-refractivity contribution in [3.8, 4) is 0 Å². The van der Waals surface area contributed by atoms with Crippen molar-refractivity contribution >= 4 is 5.97 Å². The SMILES string of the molecule is NC1(C(=O)OCC2CCCCC2)CCOC1. The molecule has 1 unspecified atom stereocenters. The molecule has 0 radical (unpaired) electrons. The Balaban J connectivity index is 1.74. The van der Waals surface area contributed by atoms with Crippen LogP contribution in [0.15, 0.2) is 0 Å². The average molecular weight is 227 g/mol. The first-order valence-electron chi connectivity index (χ1n) is 6.24. The molecule has 4 nitrogen and oxygen atoms in total. The number of hydrogen-bond acceptors (Lipinski definition) is 4. The third kappa shape index (κ3) is 2.74. The second-order valence-corrected chi connectivity index (χ2v) is 5.06. The molecule has 1 heterocycles. The summed E-state index contributed by atoms with van der Waals surface area (Å²) in [4.78, 5) is 11.8. The van der Waals surface area contributed by atoms with Crippen molar-refractivity contribution in [2.75, 3.05) is 19.8 Å². The van der Waals surface area contributed by atoms with Crippen molar-refractivity contribution < 1.29 is 14.3 Å². The van der Waals surface area contributed by atoms with E-state index in [1.54, 1.807) is 0 Å². The lowest BCUT2D eigenvalue weighted by Gasteiger charge is -2.24. The van der Waals surface area contributed by atoms with Gasteiger partial charge in [0.15, 0.2) is 0 Å². The molecule has 0 spiro atoms. The molecule has 4 heteroatoms. The third-order valence-electron chi connectivity index (χ3n) is 3.63. The van der Waals surface area contributed by atoms with E-state index >= 15 is 0 Å². The summed E-state index contributed by atoms with van der Waals surface area (Å²) >= 11 is 0. The van der Waals surface area contributed by atoms with Crippen LogP contribution in [0.4, 0.5) is 0 Å². The fraction of sp³-hybridized carbons (Fsp3) is 0.917. The first kappa shape index (κ1) is 11.9. The summed E-state index contributed by atoms with van der Waals surface area (Å²) in [6.45, 7) is 1.41. The van der Waals surface area contributed by atoms with Crippen molar-refractivity contribution in [1.82, 2.24) is 0 Å². The molecule has 1 saturated heterocycles. The monoisotopic (exact) mass is 227 g/mol. The molecule has 2 rings (SSSR count). The van der Waals surface area contributed by atoms with Gasteiger partial charge in [0.05, 0.1) is 13.2 Å². The second kappa shape index (κ2) is 5.15. The van der Waals surface area contributed by atoms with Crippen LogP contribution in [-0.2, 0) is 14.3 Å². The standard InChI is InChI=1S/C12H21NO3/c13-12(6-7-15-9-12)11(14)16-8-10-4-2-1-3-5-10/h10H,1-9,13H2. The van der Waals surface area contributed by atoms with E-state index in [1.807, 2.05) is 0 Å². The van der Waals surface area contributed by atoms with Crippen LogP contribution in [-0.4, -0.2) is 31.3 Å². The van der Waals surface area contributed by atoms with Crippen molar-refractivity contribution in [2.24, 2.45) is 11.7 Å². The minimum absolute atomic E-state index is 0.282. The lowest BCUT2D eigenvalue weighted by Crippen LogP contribution is -2.50. The zero-order valence-electron chi connectivity index (χ0n) is 9.74. The second-order valence-electron chi connectivity index (χ2n) is 5.06. The van der Waals surface area contributed by atoms with Crippen LogP contribution in [0.25, 0.3) is 0 Å². The normalized spacial score (nSPS) is 31.6. The topological polar surface area (TPSA) is 61.6 Å². The van der Waals surface area contributed by atoms with Gasteiger partial charge in [-0.25, -0.2) is 4.79 Å². The molecule has 0 amide bonds. The number of nitrogens with two attached hydrogens (primary N) is 1. The van der Waals surface area contributed by atoms with E-state index < -0.39 is 5.54 Å². The predicted molar refractivity (Wildman–Crippen MR) is 59.9 cm³/mol. The lowest BCUT2D eigenvalue weighted by molar-refractivity contribution is -0.151. The zero-order chi connectivity index (χ0) is 11.4. The Morgan fingerprint density at radius 1 is 1.38 bits per heavy atom. The highest BCUT2D eigenvalue weighted by Crippen LogP contribution is 2.25. The number of carbonyl (C=O) groups is 1. The lowest BCUT2D eigenvalue weighted by atomic mass is 9.90. The quantitative estimate of drug-likeness (QED) is 0.737. The largest absolute Gasteiger partial charge is 0.464 e. The number of ether oxygens (including phenoxy) is 2. The van der Waals surface area contributed by atoms with Crippen LogP contribution in [0.3, 0.4) is 0 Å². The first-order chi connectivity index (χ1) is 7.71. The fourth-order valence-corrected chi connectivity index (χ4v) is 2.43. The summed E-state index contributed by atoms with van der Waals surface area (Å²) in [7, 11) is 0. The Hall–Kier alpha value is -0.610. The molecule has 0 aromatic rings. The predicted octanol–water partition coefficient (Wildman–Crippen LogP) is 1.23. The molecule has 1 saturated carbocycles. The summed E-state index contributed by atoms with van der Waals surface area (Å²) in [5.74, 6) is 0.263. The molecule has 2 fully saturated rings. The number of hydrogen-bond donors (Lipinski definition) is 1. The molecule has 0 aromatic heterocycles. The van der Waals surface area contributed by atoms with E-state index in [1.165, 1.54) is 32.1 Å². The molecular weight excluding hydrogens is 206 g/mol. The summed E-state index contributed by atoms with van der Waals surface area (Å²) in [6.07, 6.45) is 6.79. The molecule has 92 valence electrons. The van der Waals surface area contributed by atoms with Gasteiger partial charge in [-0.2, -0.15) is 0 Å². The molecule has 1 atom stereocenters. The Morgan fingerprint density at radius 3 is 2.75 bits per heavy atom. The summed E-state index contributed by atoms with van der Waals surface area (Å²) in [5.41, 5.74) is 5.04. The van der Waals surface area contributed by atoms with Gasteiger partial charge in [-0.15, -0.1) is 0 Å². The van der Waals surface area contributed by atoms with Crippen molar-refractivity contribution in [3.63, 3.8) is 0 Å². The highest BCUT2D eigenvalue weighted by atomic mass is 16.5. The van der Waals surface area contributed by atoms with Gasteiger partial charge < -0.3 is 15.2 Å². The minimum Gasteiger partial charge on any atom is -0.464 e. The van der Waals surface area contributed by atoms with Crippen molar-refractivity contribution in [1.29, 1.82) is 0 Å². The Morgan fingerprint density at radius 2 is 2.12 bits per heavy atom. The molecular formula is C12H21NO3. The van der Waals surface area contributed by atoms with E-state index in [9.17, 15) is 4.79 Å². The molecule has 2 N–H and O–H groups in total. The maximum Gasteiger partial charge on any atom is 0.328 e. The van der Waals surface area contributed by atoms with Gasteiger partial charge in [0.25, 0.3) is 0 Å². The molecule has 2 aliphatic rings. The zero-order valence-corrected chi connectivity index (χ0v) is 9.74. The van der Waals surface area contributed by atoms with Crippen LogP contribution in [0.5, 0.6) is 0 Å². The maximum absolute atomic E-state index is 11.8. The Kier molecular flexibility index (Phi) is 3.82. The van der Waals surface area contributed by atoms with Crippen LogP contribution >= 0.6 is 0 Å². The average Bonchev–Trinajstić information content (AvgIpc) is 2.76. The van der Waals surface area contributed by atoms with E-state index in [0.717, 1.165) is 0 Å². The van der Waals surface area contributed by atoms with Crippen LogP contribution in [0.2, 0.25) is 0 Å². The van der Waals surface area contributed by atoms with E-state index in [0.29, 0.717) is 32.2 Å². The van der Waals surface area contributed by atoms with Gasteiger partial charge in [0.2, 0.25) is 0 Å². The Labute approximate surface area is 96.5 Å². The van der Waals surface area contributed by atoms with Crippen LogP contribution in [0.1, 0.15) is 38.5 Å². The van der Waals surface area contributed by atoms with E-state index in [-0.39, 0.29) is 5.97 Å². The molecule has 0 bridgehead atoms. The minimum atomic E-state index is -0.880. The van der Waals surface area contributed by atoms with Gasteiger partial charge >= 0.3 is 5.97 Å². The molecule has 0 aromatic carbocycles. The summed E-state index contributed by atoms with van der Waals surface area (Å²) < 4.78 is 10.5. The smallest absolute Gasteiger partial charge is 0.328 e. The number of esters is 1. The first-order valence-corrected chi connectivity index (χ1v) is 6.24.